The van der Waals surface area contributed by atoms with E-state index in [2.05, 4.69) is 81.5 Å². The molecule has 0 bridgehead atoms. The summed E-state index contributed by atoms with van der Waals surface area (Å²) in [5, 5.41) is 0. The molecule has 8 heteroatoms. The van der Waals surface area contributed by atoms with Gasteiger partial charge in [0.15, 0.2) is 5.84 Å². The average Bonchev–Trinajstić information content (AvgIpc) is 3.12. The maximum absolute atomic E-state index is 6.07. The molecule has 4 heterocycles. The van der Waals surface area contributed by atoms with Crippen LogP contribution in [0.3, 0.4) is 0 Å². The lowest BCUT2D eigenvalue weighted by Gasteiger charge is -2.34. The first-order valence-corrected chi connectivity index (χ1v) is 11.6. The standard InChI is InChI=1S/C24H33N7O/c1-17(2)31-18(3)25-16-26-24(31)21-15-30-11-12-32-22-6-5-19(13-20(22)23(30)27-21)14-29-9-7-28(4)8-10-29/h5-6,13,15-18H,7-12,14H2,1-4H3. The number of aliphatic imine (C=N–C) groups is 2. The van der Waals surface area contributed by atoms with Gasteiger partial charge in [-0.3, -0.25) is 4.90 Å². The number of fused-ring (bicyclic) bond motifs is 3. The van der Waals surface area contributed by atoms with E-state index in [9.17, 15) is 0 Å². The second-order valence-electron chi connectivity index (χ2n) is 9.25. The number of hydrogen-bond acceptors (Lipinski definition) is 7. The van der Waals surface area contributed by atoms with Crippen molar-refractivity contribution in [2.45, 2.75) is 46.1 Å². The molecule has 2 aromatic rings. The molecule has 170 valence electrons. The smallest absolute Gasteiger partial charge is 0.159 e. The number of aromatic nitrogens is 2. The molecule has 1 atom stereocenters. The Morgan fingerprint density at radius 3 is 2.72 bits per heavy atom. The second-order valence-corrected chi connectivity index (χ2v) is 9.25. The molecular formula is C24H33N7O. The molecule has 0 radical (unpaired) electrons. The summed E-state index contributed by atoms with van der Waals surface area (Å²) in [7, 11) is 2.19. The minimum atomic E-state index is 0.0508. The van der Waals surface area contributed by atoms with Crippen molar-refractivity contribution in [2.24, 2.45) is 9.98 Å². The zero-order chi connectivity index (χ0) is 22.2. The molecule has 5 rings (SSSR count). The number of piperazine rings is 1. The summed E-state index contributed by atoms with van der Waals surface area (Å²) >= 11 is 0. The van der Waals surface area contributed by atoms with Crippen molar-refractivity contribution in [3.05, 3.63) is 35.7 Å². The maximum Gasteiger partial charge on any atom is 0.159 e. The lowest BCUT2D eigenvalue weighted by molar-refractivity contribution is 0.148. The lowest BCUT2D eigenvalue weighted by atomic mass is 10.1. The first-order valence-electron chi connectivity index (χ1n) is 11.6. The van der Waals surface area contributed by atoms with Crippen molar-refractivity contribution in [3.8, 4) is 17.1 Å². The minimum absolute atomic E-state index is 0.0508. The number of benzene rings is 1. The lowest BCUT2D eigenvalue weighted by Crippen LogP contribution is -2.45. The molecule has 32 heavy (non-hydrogen) atoms. The van der Waals surface area contributed by atoms with Crippen LogP contribution in [0.25, 0.3) is 11.4 Å². The average molecular weight is 436 g/mol. The highest BCUT2D eigenvalue weighted by Crippen LogP contribution is 2.34. The molecule has 1 unspecified atom stereocenters. The molecule has 1 saturated heterocycles. The van der Waals surface area contributed by atoms with E-state index in [4.69, 9.17) is 9.72 Å². The van der Waals surface area contributed by atoms with Gasteiger partial charge in [0.25, 0.3) is 0 Å². The molecule has 0 aliphatic carbocycles. The van der Waals surface area contributed by atoms with Gasteiger partial charge in [-0.1, -0.05) is 6.07 Å². The highest BCUT2D eigenvalue weighted by Gasteiger charge is 2.28. The third-order valence-corrected chi connectivity index (χ3v) is 6.55. The highest BCUT2D eigenvalue weighted by molar-refractivity contribution is 6.02. The van der Waals surface area contributed by atoms with Crippen LogP contribution in [0.4, 0.5) is 0 Å². The van der Waals surface area contributed by atoms with Crippen molar-refractivity contribution in [1.82, 2.24) is 24.3 Å². The van der Waals surface area contributed by atoms with E-state index in [0.29, 0.717) is 6.61 Å². The van der Waals surface area contributed by atoms with Crippen molar-refractivity contribution in [1.29, 1.82) is 0 Å². The van der Waals surface area contributed by atoms with Crippen LogP contribution < -0.4 is 4.74 Å². The Bertz CT molecular complexity index is 1030. The van der Waals surface area contributed by atoms with Crippen LogP contribution in [0.15, 0.2) is 34.4 Å². The number of rotatable bonds is 4. The Morgan fingerprint density at radius 1 is 1.12 bits per heavy atom. The van der Waals surface area contributed by atoms with Crippen LogP contribution in [-0.2, 0) is 13.1 Å². The summed E-state index contributed by atoms with van der Waals surface area (Å²) in [5.74, 6) is 2.75. The summed E-state index contributed by atoms with van der Waals surface area (Å²) < 4.78 is 8.27. The SMILES string of the molecule is CC(C)N1C(c2cn3c(n2)-c2cc(CN4CCN(C)CC4)ccc2OCC3)=NC=NC1C. The monoisotopic (exact) mass is 435 g/mol. The summed E-state index contributed by atoms with van der Waals surface area (Å²) in [6.45, 7) is 13.2. The van der Waals surface area contributed by atoms with Gasteiger partial charge in [0.05, 0.1) is 12.1 Å². The fraction of sp³-hybridized carbons (Fsp3) is 0.542. The topological polar surface area (TPSA) is 61.5 Å². The van der Waals surface area contributed by atoms with E-state index in [1.165, 1.54) is 5.56 Å². The maximum atomic E-state index is 6.07. The molecule has 0 amide bonds. The normalized spacial score (nSPS) is 21.7. The molecule has 0 spiro atoms. The number of nitrogens with zero attached hydrogens (tertiary/aromatic N) is 7. The van der Waals surface area contributed by atoms with Crippen molar-refractivity contribution >= 4 is 12.2 Å². The van der Waals surface area contributed by atoms with Gasteiger partial charge >= 0.3 is 0 Å². The molecule has 8 nitrogen and oxygen atoms in total. The summed E-state index contributed by atoms with van der Waals surface area (Å²) in [4.78, 5) is 21.3. The van der Waals surface area contributed by atoms with Gasteiger partial charge < -0.3 is 19.1 Å². The van der Waals surface area contributed by atoms with E-state index < -0.39 is 0 Å². The predicted octanol–water partition coefficient (Wildman–Crippen LogP) is 2.53. The number of imidazole rings is 1. The first kappa shape index (κ1) is 21.2. The van der Waals surface area contributed by atoms with Crippen molar-refractivity contribution in [3.63, 3.8) is 0 Å². The predicted molar refractivity (Wildman–Crippen MR) is 127 cm³/mol. The molecule has 3 aliphatic rings. The van der Waals surface area contributed by atoms with E-state index in [1.54, 1.807) is 6.34 Å². The van der Waals surface area contributed by atoms with Crippen molar-refractivity contribution in [2.75, 3.05) is 39.8 Å². The van der Waals surface area contributed by atoms with Crippen molar-refractivity contribution < 1.29 is 4.74 Å². The number of ether oxygens (including phenoxy) is 1. The largest absolute Gasteiger partial charge is 0.491 e. The van der Waals surface area contributed by atoms with Gasteiger partial charge in [0.1, 0.15) is 36.4 Å². The minimum Gasteiger partial charge on any atom is -0.491 e. The summed E-state index contributed by atoms with van der Waals surface area (Å²) in [6.07, 6.45) is 3.82. The highest BCUT2D eigenvalue weighted by atomic mass is 16.5. The van der Waals surface area contributed by atoms with Crippen LogP contribution in [-0.4, -0.2) is 88.5 Å². The van der Waals surface area contributed by atoms with E-state index in [-0.39, 0.29) is 12.2 Å². The molecule has 1 aromatic carbocycles. The molecular weight excluding hydrogens is 402 g/mol. The second kappa shape index (κ2) is 8.67. The van der Waals surface area contributed by atoms with E-state index >= 15 is 0 Å². The molecule has 3 aliphatic heterocycles. The Kier molecular flexibility index (Phi) is 5.73. The Hall–Kier alpha value is -2.71. The van der Waals surface area contributed by atoms with Gasteiger partial charge in [-0.05, 0) is 45.5 Å². The van der Waals surface area contributed by atoms with Crippen LogP contribution in [0, 0.1) is 0 Å². The summed E-state index contributed by atoms with van der Waals surface area (Å²) in [5.41, 5.74) is 3.26. The van der Waals surface area contributed by atoms with Gasteiger partial charge in [0, 0.05) is 45.0 Å². The zero-order valence-electron chi connectivity index (χ0n) is 19.5. The van der Waals surface area contributed by atoms with E-state index in [0.717, 1.165) is 67.9 Å². The van der Waals surface area contributed by atoms with Crippen LogP contribution in [0.5, 0.6) is 5.75 Å². The number of amidine groups is 1. The Labute approximate surface area is 190 Å². The Balaban J connectivity index is 1.47. The molecule has 0 saturated carbocycles. The van der Waals surface area contributed by atoms with Crippen LogP contribution >= 0.6 is 0 Å². The van der Waals surface area contributed by atoms with E-state index in [1.807, 2.05) is 0 Å². The first-order chi connectivity index (χ1) is 15.5. The fourth-order valence-electron chi connectivity index (χ4n) is 4.78. The van der Waals surface area contributed by atoms with Gasteiger partial charge in [-0.2, -0.15) is 0 Å². The molecule has 0 N–H and O–H groups in total. The Morgan fingerprint density at radius 2 is 1.94 bits per heavy atom. The zero-order valence-corrected chi connectivity index (χ0v) is 19.5. The number of hydrogen-bond donors (Lipinski definition) is 0. The number of likely N-dealkylation sites (N-methyl/N-ethyl adjacent to an activating group) is 1. The summed E-state index contributed by atoms with van der Waals surface area (Å²) in [6, 6.07) is 6.85. The van der Waals surface area contributed by atoms with Gasteiger partial charge in [-0.15, -0.1) is 0 Å². The molecule has 1 aromatic heterocycles. The van der Waals surface area contributed by atoms with Crippen LogP contribution in [0.1, 0.15) is 32.0 Å². The van der Waals surface area contributed by atoms with Gasteiger partial charge in [-0.25, -0.2) is 15.0 Å². The fourth-order valence-corrected chi connectivity index (χ4v) is 4.78. The third-order valence-electron chi connectivity index (χ3n) is 6.55. The third kappa shape index (κ3) is 4.04. The van der Waals surface area contributed by atoms with Crippen LogP contribution in [0.2, 0.25) is 0 Å². The molecule has 1 fully saturated rings. The quantitative estimate of drug-likeness (QED) is 0.739. The van der Waals surface area contributed by atoms with Gasteiger partial charge in [0.2, 0.25) is 0 Å².